The molecule has 0 spiro atoms. The van der Waals surface area contributed by atoms with Crippen LogP contribution in [0.25, 0.3) is 17.2 Å². The number of hydrogen-bond donors (Lipinski definition) is 1. The fourth-order valence-electron chi connectivity index (χ4n) is 5.29. The highest BCUT2D eigenvalue weighted by Gasteiger charge is 2.25. The van der Waals surface area contributed by atoms with Crippen LogP contribution in [0.2, 0.25) is 0 Å². The molecule has 11 nitrogen and oxygen atoms in total. The Kier molecular flexibility index (Phi) is 7.68. The van der Waals surface area contributed by atoms with Gasteiger partial charge in [0.25, 0.3) is 0 Å². The minimum atomic E-state index is 0.459. The van der Waals surface area contributed by atoms with E-state index < -0.39 is 0 Å². The molecule has 0 aliphatic carbocycles. The molecule has 41 heavy (non-hydrogen) atoms. The molecule has 1 fully saturated rings. The van der Waals surface area contributed by atoms with Crippen LogP contribution in [0.5, 0.6) is 11.5 Å². The molecule has 11 heteroatoms. The minimum absolute atomic E-state index is 0.459. The van der Waals surface area contributed by atoms with E-state index in [1.807, 2.05) is 54.9 Å². The van der Waals surface area contributed by atoms with Gasteiger partial charge in [0, 0.05) is 57.2 Å². The molecule has 0 saturated carbocycles. The number of furan rings is 1. The number of nitrogens with one attached hydrogen (secondary N) is 1. The predicted molar refractivity (Wildman–Crippen MR) is 156 cm³/mol. The highest BCUT2D eigenvalue weighted by atomic mass is 16.5. The fraction of sp³-hybridized carbons (Fsp3) is 0.333. The molecule has 6 rings (SSSR count). The lowest BCUT2D eigenvalue weighted by Gasteiger charge is -2.37. The number of benzene rings is 1. The molecule has 0 atom stereocenters. The molecule has 1 aliphatic heterocycles. The van der Waals surface area contributed by atoms with Gasteiger partial charge in [0.1, 0.15) is 5.82 Å². The average Bonchev–Trinajstić information content (AvgIpc) is 3.72. The van der Waals surface area contributed by atoms with Gasteiger partial charge in [-0.25, -0.2) is 15.0 Å². The summed E-state index contributed by atoms with van der Waals surface area (Å²) in [6, 6.07) is 16.0. The Hall–Kier alpha value is -4.64. The first-order valence-electron chi connectivity index (χ1n) is 13.7. The maximum Gasteiger partial charge on any atom is 0.226 e. The number of nitrogens with zero attached hydrogens (tertiary/aromatic N) is 7. The Bertz CT molecular complexity index is 1580. The van der Waals surface area contributed by atoms with Gasteiger partial charge in [-0.05, 0) is 54.8 Å². The Morgan fingerprint density at radius 1 is 1.02 bits per heavy atom. The highest BCUT2D eigenvalue weighted by Crippen LogP contribution is 2.28. The zero-order chi connectivity index (χ0) is 28.2. The van der Waals surface area contributed by atoms with Gasteiger partial charge in [-0.15, -0.1) is 5.10 Å². The third kappa shape index (κ3) is 5.66. The summed E-state index contributed by atoms with van der Waals surface area (Å²) in [7, 11) is 5.39. The number of fused-ring (bicyclic) bond motifs is 1. The SMILES string of the molecule is COc1ccc(CNc2ncc(CN3CCC(N(C)c4ccccn4)CC3)c3nc(-c4ccco4)nn23)cc1OC. The molecule has 4 aromatic heterocycles. The molecule has 0 amide bonds. The summed E-state index contributed by atoms with van der Waals surface area (Å²) < 4.78 is 18.2. The molecular weight excluding hydrogens is 520 g/mol. The summed E-state index contributed by atoms with van der Waals surface area (Å²) in [6.07, 6.45) is 7.50. The van der Waals surface area contributed by atoms with Gasteiger partial charge in [0.05, 0.1) is 20.5 Å². The number of aromatic nitrogens is 5. The second kappa shape index (κ2) is 11.8. The van der Waals surface area contributed by atoms with Crippen molar-refractivity contribution in [2.75, 3.05) is 44.6 Å². The van der Waals surface area contributed by atoms with E-state index in [0.29, 0.717) is 41.6 Å². The Morgan fingerprint density at radius 2 is 1.88 bits per heavy atom. The molecule has 0 unspecified atom stereocenters. The zero-order valence-corrected chi connectivity index (χ0v) is 23.5. The van der Waals surface area contributed by atoms with Gasteiger partial charge in [-0.3, -0.25) is 4.90 Å². The summed E-state index contributed by atoms with van der Waals surface area (Å²) in [6.45, 7) is 3.22. The number of ether oxygens (including phenoxy) is 2. The maximum atomic E-state index is 5.60. The molecule has 1 aliphatic rings. The molecular formula is C30H34N8O3. The van der Waals surface area contributed by atoms with Crippen molar-refractivity contribution in [1.29, 1.82) is 0 Å². The molecule has 5 aromatic rings. The van der Waals surface area contributed by atoms with E-state index in [0.717, 1.165) is 55.1 Å². The molecule has 5 heterocycles. The first kappa shape index (κ1) is 26.6. The van der Waals surface area contributed by atoms with Crippen LogP contribution >= 0.6 is 0 Å². The van der Waals surface area contributed by atoms with E-state index in [-0.39, 0.29) is 0 Å². The van der Waals surface area contributed by atoms with Crippen LogP contribution in [0.4, 0.5) is 11.8 Å². The second-order valence-electron chi connectivity index (χ2n) is 10.1. The third-order valence-corrected chi connectivity index (χ3v) is 7.59. The molecule has 0 bridgehead atoms. The number of rotatable bonds is 10. The van der Waals surface area contributed by atoms with Crippen molar-refractivity contribution in [1.82, 2.24) is 29.5 Å². The van der Waals surface area contributed by atoms with E-state index in [2.05, 4.69) is 33.2 Å². The van der Waals surface area contributed by atoms with E-state index in [9.17, 15) is 0 Å². The van der Waals surface area contributed by atoms with Crippen molar-refractivity contribution in [2.45, 2.75) is 32.0 Å². The molecule has 1 aromatic carbocycles. The van der Waals surface area contributed by atoms with Crippen LogP contribution in [0.1, 0.15) is 24.0 Å². The molecule has 212 valence electrons. The minimum Gasteiger partial charge on any atom is -0.493 e. The first-order valence-corrected chi connectivity index (χ1v) is 13.7. The lowest BCUT2D eigenvalue weighted by molar-refractivity contribution is 0.203. The molecule has 0 radical (unpaired) electrons. The average molecular weight is 555 g/mol. The topological polar surface area (TPSA) is 106 Å². The number of anilines is 2. The number of likely N-dealkylation sites (tertiary alicyclic amines) is 1. The Balaban J connectivity index is 1.20. The quantitative estimate of drug-likeness (QED) is 0.265. The maximum absolute atomic E-state index is 5.60. The van der Waals surface area contributed by atoms with Crippen LogP contribution in [0.3, 0.4) is 0 Å². The third-order valence-electron chi connectivity index (χ3n) is 7.59. The Labute approximate surface area is 238 Å². The summed E-state index contributed by atoms with van der Waals surface area (Å²) in [5.41, 5.74) is 2.80. The number of hydrogen-bond acceptors (Lipinski definition) is 10. The fourth-order valence-corrected chi connectivity index (χ4v) is 5.29. The van der Waals surface area contributed by atoms with Crippen LogP contribution in [-0.2, 0) is 13.1 Å². The normalized spacial score (nSPS) is 14.3. The Morgan fingerprint density at radius 3 is 2.61 bits per heavy atom. The van der Waals surface area contributed by atoms with Crippen LogP contribution in [0.15, 0.2) is 71.6 Å². The van der Waals surface area contributed by atoms with Crippen molar-refractivity contribution in [3.8, 4) is 23.1 Å². The van der Waals surface area contributed by atoms with Crippen molar-refractivity contribution >= 4 is 17.4 Å². The summed E-state index contributed by atoms with van der Waals surface area (Å²) in [4.78, 5) is 18.9. The summed E-state index contributed by atoms with van der Waals surface area (Å²) >= 11 is 0. The van der Waals surface area contributed by atoms with Crippen LogP contribution in [0, 0.1) is 0 Å². The van der Waals surface area contributed by atoms with Gasteiger partial charge in [-0.1, -0.05) is 12.1 Å². The smallest absolute Gasteiger partial charge is 0.226 e. The number of pyridine rings is 1. The molecule has 1 saturated heterocycles. The van der Waals surface area contributed by atoms with E-state index in [4.69, 9.17) is 29.0 Å². The predicted octanol–water partition coefficient (Wildman–Crippen LogP) is 4.51. The van der Waals surface area contributed by atoms with Gasteiger partial charge < -0.3 is 24.1 Å². The van der Waals surface area contributed by atoms with Crippen molar-refractivity contribution < 1.29 is 13.9 Å². The van der Waals surface area contributed by atoms with Crippen LogP contribution < -0.4 is 19.7 Å². The number of piperidine rings is 1. The van der Waals surface area contributed by atoms with Gasteiger partial charge >= 0.3 is 0 Å². The summed E-state index contributed by atoms with van der Waals surface area (Å²) in [5, 5.41) is 8.17. The summed E-state index contributed by atoms with van der Waals surface area (Å²) in [5.74, 6) is 4.11. The van der Waals surface area contributed by atoms with E-state index in [1.165, 1.54) is 0 Å². The van der Waals surface area contributed by atoms with Crippen molar-refractivity contribution in [3.05, 3.63) is 78.3 Å². The second-order valence-corrected chi connectivity index (χ2v) is 10.1. The molecule has 1 N–H and O–H groups in total. The van der Waals surface area contributed by atoms with Crippen molar-refractivity contribution in [3.63, 3.8) is 0 Å². The van der Waals surface area contributed by atoms with Crippen molar-refractivity contribution in [2.24, 2.45) is 0 Å². The van der Waals surface area contributed by atoms with E-state index >= 15 is 0 Å². The monoisotopic (exact) mass is 554 g/mol. The van der Waals surface area contributed by atoms with Gasteiger partial charge in [0.15, 0.2) is 22.9 Å². The lowest BCUT2D eigenvalue weighted by Crippen LogP contribution is -2.43. The first-order chi connectivity index (χ1) is 20.1. The largest absolute Gasteiger partial charge is 0.493 e. The van der Waals surface area contributed by atoms with Crippen LogP contribution in [-0.4, -0.2) is 69.9 Å². The van der Waals surface area contributed by atoms with E-state index in [1.54, 1.807) is 25.0 Å². The number of methoxy groups -OCH3 is 2. The zero-order valence-electron chi connectivity index (χ0n) is 23.5. The lowest BCUT2D eigenvalue weighted by atomic mass is 10.0. The van der Waals surface area contributed by atoms with Gasteiger partial charge in [-0.2, -0.15) is 4.52 Å². The highest BCUT2D eigenvalue weighted by molar-refractivity contribution is 5.58. The standard InChI is InChI=1S/C30H34N8O3/c1-36(27-8-4-5-13-31-27)23-11-14-37(15-12-23)20-22-19-33-30(32-18-21-9-10-24(39-2)26(17-21)40-3)38-29(22)34-28(35-38)25-7-6-16-41-25/h4-10,13,16-17,19,23H,11-12,14-15,18,20H2,1-3H3,(H,32,33). The van der Waals surface area contributed by atoms with Gasteiger partial charge in [0.2, 0.25) is 11.8 Å².